The second kappa shape index (κ2) is 3.55. The molecule has 0 fully saturated rings. The Morgan fingerprint density at radius 2 is 2.35 bits per heavy atom. The maximum Gasteiger partial charge on any atom is 0.265 e. The monoisotopic (exact) mass is 230 g/mol. The number of allylic oxidation sites excluding steroid dienone is 2. The molecular weight excluding hydrogens is 220 g/mol. The molecule has 0 aliphatic carbocycles. The minimum Gasteiger partial charge on any atom is -0.367 e. The lowest BCUT2D eigenvalue weighted by molar-refractivity contribution is -0.124. The van der Waals surface area contributed by atoms with Crippen LogP contribution in [0.15, 0.2) is 30.1 Å². The van der Waals surface area contributed by atoms with Gasteiger partial charge in [-0.05, 0) is 23.8 Å². The lowest BCUT2D eigenvalue weighted by atomic mass is 10.1. The zero-order valence-electron chi connectivity index (χ0n) is 9.08. The molecule has 7 heteroatoms. The number of fused-ring (bicyclic) bond motifs is 1. The lowest BCUT2D eigenvalue weighted by Crippen LogP contribution is -2.49. The van der Waals surface area contributed by atoms with Crippen LogP contribution in [0.2, 0.25) is 0 Å². The first-order chi connectivity index (χ1) is 8.27. The van der Waals surface area contributed by atoms with Gasteiger partial charge in [-0.15, -0.1) is 10.2 Å². The summed E-state index contributed by atoms with van der Waals surface area (Å²) in [6.45, 7) is 1.97. The van der Waals surface area contributed by atoms with Crippen LogP contribution in [0.3, 0.4) is 0 Å². The fourth-order valence-corrected chi connectivity index (χ4v) is 1.88. The first-order valence-electron chi connectivity index (χ1n) is 5.15. The fraction of sp³-hybridized carbons (Fsp3) is 0.200. The molecule has 2 N–H and O–H groups in total. The maximum absolute atomic E-state index is 12.2. The van der Waals surface area contributed by atoms with Crippen molar-refractivity contribution in [2.75, 3.05) is 0 Å². The van der Waals surface area contributed by atoms with Gasteiger partial charge in [-0.1, -0.05) is 6.08 Å². The van der Waals surface area contributed by atoms with Crippen LogP contribution < -0.4 is 5.32 Å². The molecular formula is C10H10N6O. The quantitative estimate of drug-likeness (QED) is 0.696. The summed E-state index contributed by atoms with van der Waals surface area (Å²) in [5, 5.41) is 16.5. The number of aromatic nitrogens is 4. The molecule has 17 heavy (non-hydrogen) atoms. The van der Waals surface area contributed by atoms with E-state index in [2.05, 4.69) is 25.9 Å². The van der Waals surface area contributed by atoms with Crippen LogP contribution in [0.1, 0.15) is 12.7 Å². The van der Waals surface area contributed by atoms with Crippen molar-refractivity contribution in [1.29, 1.82) is 0 Å². The Hall–Kier alpha value is -2.44. The number of amides is 1. The number of tetrazole rings is 1. The Morgan fingerprint density at radius 3 is 3.12 bits per heavy atom. The van der Waals surface area contributed by atoms with E-state index >= 15 is 0 Å². The summed E-state index contributed by atoms with van der Waals surface area (Å²) in [5.41, 5.74) is 1.47. The average Bonchev–Trinajstić information content (AvgIpc) is 2.84. The second-order valence-corrected chi connectivity index (χ2v) is 3.83. The third kappa shape index (κ3) is 1.43. The van der Waals surface area contributed by atoms with E-state index in [1.54, 1.807) is 17.3 Å². The van der Waals surface area contributed by atoms with Gasteiger partial charge in [-0.25, -0.2) is 0 Å². The smallest absolute Gasteiger partial charge is 0.265 e. The first kappa shape index (κ1) is 9.76. The zero-order valence-corrected chi connectivity index (χ0v) is 9.08. The molecule has 1 aromatic rings. The molecule has 0 aromatic carbocycles. The number of aromatic amines is 1. The number of carbonyl (C=O) groups is 1. The molecule has 1 unspecified atom stereocenters. The first-order valence-corrected chi connectivity index (χ1v) is 5.15. The van der Waals surface area contributed by atoms with Gasteiger partial charge < -0.3 is 5.32 Å². The number of nitrogens with one attached hydrogen (secondary N) is 2. The second-order valence-electron chi connectivity index (χ2n) is 3.83. The zero-order chi connectivity index (χ0) is 11.8. The number of hydrogen-bond acceptors (Lipinski definition) is 5. The Labute approximate surface area is 96.9 Å². The third-order valence-corrected chi connectivity index (χ3v) is 2.75. The van der Waals surface area contributed by atoms with Gasteiger partial charge in [-0.3, -0.25) is 9.69 Å². The van der Waals surface area contributed by atoms with Gasteiger partial charge in [-0.2, -0.15) is 5.21 Å². The van der Waals surface area contributed by atoms with E-state index in [-0.39, 0.29) is 12.1 Å². The Morgan fingerprint density at radius 1 is 1.47 bits per heavy atom. The van der Waals surface area contributed by atoms with Crippen LogP contribution in [0.5, 0.6) is 0 Å². The topological polar surface area (TPSA) is 86.8 Å². The highest BCUT2D eigenvalue weighted by molar-refractivity contribution is 6.19. The predicted molar refractivity (Wildman–Crippen MR) is 58.8 cm³/mol. The average molecular weight is 230 g/mol. The third-order valence-electron chi connectivity index (χ3n) is 2.75. The maximum atomic E-state index is 12.2. The van der Waals surface area contributed by atoms with Crippen molar-refractivity contribution in [3.8, 4) is 0 Å². The molecule has 7 nitrogen and oxygen atoms in total. The minimum atomic E-state index is -0.140. The summed E-state index contributed by atoms with van der Waals surface area (Å²) in [6, 6.07) is 0. The number of rotatable bonds is 1. The Kier molecular flexibility index (Phi) is 2.04. The molecule has 86 valence electrons. The van der Waals surface area contributed by atoms with Gasteiger partial charge in [0.15, 0.2) is 0 Å². The van der Waals surface area contributed by atoms with E-state index in [1.807, 2.05) is 19.1 Å². The van der Waals surface area contributed by atoms with Gasteiger partial charge in [0.25, 0.3) is 5.91 Å². The van der Waals surface area contributed by atoms with Gasteiger partial charge in [0.2, 0.25) is 5.82 Å². The number of H-pyrrole nitrogens is 1. The largest absolute Gasteiger partial charge is 0.367 e. The number of carbonyl (C=O) groups excluding carboxylic acids is 1. The van der Waals surface area contributed by atoms with Crippen molar-refractivity contribution in [3.05, 3.63) is 35.9 Å². The van der Waals surface area contributed by atoms with E-state index in [0.717, 1.165) is 5.57 Å². The van der Waals surface area contributed by atoms with Crippen LogP contribution >= 0.6 is 0 Å². The minimum absolute atomic E-state index is 0.122. The Bertz CT molecular complexity index is 541. The van der Waals surface area contributed by atoms with Crippen LogP contribution in [0, 0.1) is 0 Å². The van der Waals surface area contributed by atoms with Crippen LogP contribution in [-0.4, -0.2) is 37.6 Å². The highest BCUT2D eigenvalue weighted by Gasteiger charge is 2.32. The standard InChI is InChI=1S/C10H10N6O/c1-6-3-2-4-16-9(6)11-5-7(10(16)17)8-12-14-15-13-8/h2-5,9,11H,1H3,(H,12,13,14,15). The molecule has 1 aromatic heterocycles. The van der Waals surface area contributed by atoms with E-state index in [9.17, 15) is 4.79 Å². The molecule has 0 bridgehead atoms. The molecule has 1 amide bonds. The molecule has 0 saturated heterocycles. The highest BCUT2D eigenvalue weighted by Crippen LogP contribution is 2.23. The highest BCUT2D eigenvalue weighted by atomic mass is 16.2. The lowest BCUT2D eigenvalue weighted by Gasteiger charge is -2.35. The van der Waals surface area contributed by atoms with Crippen molar-refractivity contribution in [3.63, 3.8) is 0 Å². The summed E-state index contributed by atoms with van der Waals surface area (Å²) < 4.78 is 0. The van der Waals surface area contributed by atoms with Crippen LogP contribution in [-0.2, 0) is 4.79 Å². The van der Waals surface area contributed by atoms with Crippen molar-refractivity contribution < 1.29 is 4.79 Å². The van der Waals surface area contributed by atoms with Gasteiger partial charge in [0, 0.05) is 12.4 Å². The van der Waals surface area contributed by atoms with E-state index < -0.39 is 0 Å². The summed E-state index contributed by atoms with van der Waals surface area (Å²) >= 11 is 0. The van der Waals surface area contributed by atoms with Crippen molar-refractivity contribution in [1.82, 2.24) is 30.8 Å². The predicted octanol–water partition coefficient (Wildman–Crippen LogP) is -0.228. The normalized spacial score (nSPS) is 22.8. The summed E-state index contributed by atoms with van der Waals surface area (Å²) in [6.07, 6.45) is 7.05. The molecule has 2 aliphatic rings. The van der Waals surface area contributed by atoms with E-state index in [4.69, 9.17) is 0 Å². The van der Waals surface area contributed by atoms with E-state index in [0.29, 0.717) is 11.4 Å². The molecule has 2 aliphatic heterocycles. The fourth-order valence-electron chi connectivity index (χ4n) is 1.88. The van der Waals surface area contributed by atoms with Gasteiger partial charge >= 0.3 is 0 Å². The van der Waals surface area contributed by atoms with Crippen molar-refractivity contribution in [2.45, 2.75) is 13.1 Å². The molecule has 1 atom stereocenters. The molecule has 0 radical (unpaired) electrons. The SMILES string of the molecule is CC1=CC=CN2C(=O)C(c3nn[nH]n3)=CNC12. The molecule has 0 spiro atoms. The van der Waals surface area contributed by atoms with Crippen LogP contribution in [0.4, 0.5) is 0 Å². The van der Waals surface area contributed by atoms with Crippen LogP contribution in [0.25, 0.3) is 5.57 Å². The van der Waals surface area contributed by atoms with Crippen molar-refractivity contribution >= 4 is 11.5 Å². The number of nitrogens with zero attached hydrogens (tertiary/aromatic N) is 4. The van der Waals surface area contributed by atoms with Gasteiger partial charge in [0.05, 0.1) is 0 Å². The van der Waals surface area contributed by atoms with E-state index in [1.165, 1.54) is 0 Å². The van der Waals surface area contributed by atoms with Crippen molar-refractivity contribution in [2.24, 2.45) is 0 Å². The number of hydrogen-bond donors (Lipinski definition) is 2. The summed E-state index contributed by atoms with van der Waals surface area (Å²) in [5.74, 6) is 0.153. The molecule has 3 rings (SSSR count). The molecule has 3 heterocycles. The Balaban J connectivity index is 1.99. The molecule has 0 saturated carbocycles. The summed E-state index contributed by atoms with van der Waals surface area (Å²) in [4.78, 5) is 13.8. The summed E-state index contributed by atoms with van der Waals surface area (Å²) in [7, 11) is 0. The van der Waals surface area contributed by atoms with Gasteiger partial charge in [0.1, 0.15) is 11.7 Å².